The van der Waals surface area contributed by atoms with E-state index in [9.17, 15) is 9.59 Å². The molecule has 0 bridgehead atoms. The lowest BCUT2D eigenvalue weighted by Gasteiger charge is -2.34. The van der Waals surface area contributed by atoms with E-state index in [4.69, 9.17) is 18.9 Å². The van der Waals surface area contributed by atoms with Crippen LogP contribution in [0.1, 0.15) is 42.2 Å². The molecule has 1 amide bonds. The molecule has 2 aliphatic heterocycles. The molecule has 0 aromatic heterocycles. The summed E-state index contributed by atoms with van der Waals surface area (Å²) in [4.78, 5) is 25.8. The molecule has 2 atom stereocenters. The minimum atomic E-state index is -0.280. The highest BCUT2D eigenvalue weighted by atomic mass is 16.7. The Bertz CT molecular complexity index is 1110. The summed E-state index contributed by atoms with van der Waals surface area (Å²) in [6.45, 7) is 0.184. The van der Waals surface area contributed by atoms with E-state index in [0.29, 0.717) is 41.4 Å². The van der Waals surface area contributed by atoms with Gasteiger partial charge in [0.15, 0.2) is 28.8 Å². The van der Waals surface area contributed by atoms with Gasteiger partial charge in [0.25, 0.3) is 0 Å². The second kappa shape index (κ2) is 7.65. The molecule has 7 nitrogen and oxygen atoms in total. The summed E-state index contributed by atoms with van der Waals surface area (Å²) in [7, 11) is 3.18. The van der Waals surface area contributed by atoms with Gasteiger partial charge in [-0.2, -0.15) is 0 Å². The number of fused-ring (bicyclic) bond motifs is 1. The molecule has 0 fully saturated rings. The number of rotatable bonds is 4. The van der Waals surface area contributed by atoms with E-state index >= 15 is 0 Å². The second-order valence-electron chi connectivity index (χ2n) is 7.95. The fraction of sp³-hybridized carbons (Fsp3) is 0.333. The predicted molar refractivity (Wildman–Crippen MR) is 112 cm³/mol. The molecule has 7 heteroatoms. The molecule has 5 rings (SSSR count). The van der Waals surface area contributed by atoms with Gasteiger partial charge in [0.2, 0.25) is 12.7 Å². The van der Waals surface area contributed by atoms with Crippen molar-refractivity contribution in [2.45, 2.75) is 31.1 Å². The van der Waals surface area contributed by atoms with Crippen molar-refractivity contribution in [1.29, 1.82) is 0 Å². The zero-order chi connectivity index (χ0) is 21.5. The third kappa shape index (κ3) is 3.40. The van der Waals surface area contributed by atoms with Crippen molar-refractivity contribution in [1.82, 2.24) is 5.32 Å². The quantitative estimate of drug-likeness (QED) is 0.814. The van der Waals surface area contributed by atoms with Crippen molar-refractivity contribution < 1.29 is 28.5 Å². The lowest BCUT2D eigenvalue weighted by atomic mass is 9.73. The van der Waals surface area contributed by atoms with Crippen LogP contribution >= 0.6 is 0 Å². The Balaban J connectivity index is 1.49. The van der Waals surface area contributed by atoms with Crippen LogP contribution in [-0.2, 0) is 9.59 Å². The molecule has 0 unspecified atom stereocenters. The number of ether oxygens (including phenoxy) is 4. The smallest absolute Gasteiger partial charge is 0.231 e. The van der Waals surface area contributed by atoms with Crippen molar-refractivity contribution in [3.05, 3.63) is 58.8 Å². The molecule has 31 heavy (non-hydrogen) atoms. The molecule has 2 aromatic rings. The lowest BCUT2D eigenvalue weighted by Crippen LogP contribution is -2.38. The maximum atomic E-state index is 13.3. The van der Waals surface area contributed by atoms with Crippen LogP contribution in [0.25, 0.3) is 0 Å². The Morgan fingerprint density at radius 2 is 1.65 bits per heavy atom. The van der Waals surface area contributed by atoms with Crippen molar-refractivity contribution in [3.8, 4) is 23.0 Å². The first-order chi connectivity index (χ1) is 15.1. The van der Waals surface area contributed by atoms with E-state index in [-0.39, 0.29) is 36.7 Å². The number of carbonyl (C=O) groups is 2. The fourth-order valence-electron chi connectivity index (χ4n) is 4.72. The van der Waals surface area contributed by atoms with E-state index in [1.807, 2.05) is 36.4 Å². The van der Waals surface area contributed by atoms with Gasteiger partial charge in [0.05, 0.1) is 14.2 Å². The monoisotopic (exact) mass is 421 g/mol. The fourth-order valence-corrected chi connectivity index (χ4v) is 4.72. The van der Waals surface area contributed by atoms with Gasteiger partial charge in [0.1, 0.15) is 0 Å². The van der Waals surface area contributed by atoms with Crippen LogP contribution < -0.4 is 24.3 Å². The van der Waals surface area contributed by atoms with Gasteiger partial charge in [-0.15, -0.1) is 0 Å². The third-order valence-corrected chi connectivity index (χ3v) is 6.21. The Kier molecular flexibility index (Phi) is 4.81. The minimum Gasteiger partial charge on any atom is -0.493 e. The van der Waals surface area contributed by atoms with E-state index in [2.05, 4.69) is 5.32 Å². The average molecular weight is 421 g/mol. The maximum absolute atomic E-state index is 13.3. The number of amides is 1. The Hall–Kier alpha value is -3.48. The van der Waals surface area contributed by atoms with Crippen LogP contribution in [0.4, 0.5) is 0 Å². The Morgan fingerprint density at radius 3 is 2.45 bits per heavy atom. The van der Waals surface area contributed by atoms with Crippen molar-refractivity contribution in [2.24, 2.45) is 0 Å². The molecular weight excluding hydrogens is 398 g/mol. The van der Waals surface area contributed by atoms with Crippen LogP contribution in [0, 0.1) is 0 Å². The summed E-state index contributed by atoms with van der Waals surface area (Å²) in [5.74, 6) is 2.25. The first-order valence-electron chi connectivity index (χ1n) is 10.2. The van der Waals surface area contributed by atoms with Crippen molar-refractivity contribution >= 4 is 11.7 Å². The van der Waals surface area contributed by atoms with Gasteiger partial charge in [-0.25, -0.2) is 0 Å². The average Bonchev–Trinajstić information content (AvgIpc) is 3.25. The molecule has 0 radical (unpaired) electrons. The topological polar surface area (TPSA) is 83.1 Å². The number of allylic oxidation sites excluding steroid dienone is 2. The summed E-state index contributed by atoms with van der Waals surface area (Å²) in [6, 6.07) is 11.3. The molecule has 160 valence electrons. The number of benzene rings is 2. The van der Waals surface area contributed by atoms with E-state index in [0.717, 1.165) is 16.8 Å². The maximum Gasteiger partial charge on any atom is 0.231 e. The largest absolute Gasteiger partial charge is 0.493 e. The second-order valence-corrected chi connectivity index (χ2v) is 7.95. The zero-order valence-corrected chi connectivity index (χ0v) is 17.4. The van der Waals surface area contributed by atoms with Crippen LogP contribution in [0.3, 0.4) is 0 Å². The summed E-state index contributed by atoms with van der Waals surface area (Å²) >= 11 is 0. The van der Waals surface area contributed by atoms with Gasteiger partial charge < -0.3 is 24.3 Å². The van der Waals surface area contributed by atoms with Gasteiger partial charge >= 0.3 is 0 Å². The summed E-state index contributed by atoms with van der Waals surface area (Å²) in [6.07, 6.45) is 1.21. The van der Waals surface area contributed by atoms with Gasteiger partial charge in [-0.3, -0.25) is 9.59 Å². The minimum absolute atomic E-state index is 0.0399. The first kappa shape index (κ1) is 19.5. The van der Waals surface area contributed by atoms with Crippen molar-refractivity contribution in [2.75, 3.05) is 21.0 Å². The standard InChI is InChI=1S/C24H23NO6/c1-28-19-5-3-13(9-21(19)29-2)15-7-17-24(18(26)8-15)16(11-23(27)25-17)14-4-6-20-22(10-14)31-12-30-20/h3-6,9-10,15-16H,7-8,11-12H2,1-2H3,(H,25,27)/t15-,16+/m0/s1. The van der Waals surface area contributed by atoms with E-state index in [1.54, 1.807) is 14.2 Å². The highest BCUT2D eigenvalue weighted by molar-refractivity contribution is 6.02. The third-order valence-electron chi connectivity index (χ3n) is 6.21. The molecule has 0 spiro atoms. The van der Waals surface area contributed by atoms with Crippen LogP contribution in [0.15, 0.2) is 47.7 Å². The number of methoxy groups -OCH3 is 2. The number of hydrogen-bond acceptors (Lipinski definition) is 6. The van der Waals surface area contributed by atoms with Crippen molar-refractivity contribution in [3.63, 3.8) is 0 Å². The summed E-state index contributed by atoms with van der Waals surface area (Å²) in [5.41, 5.74) is 3.30. The summed E-state index contributed by atoms with van der Waals surface area (Å²) < 4.78 is 21.6. The molecule has 3 aliphatic rings. The zero-order valence-electron chi connectivity index (χ0n) is 17.4. The molecule has 0 saturated carbocycles. The van der Waals surface area contributed by atoms with Gasteiger partial charge in [0, 0.05) is 30.0 Å². The molecular formula is C24H23NO6. The SMILES string of the molecule is COc1ccc([C@@H]2CC(=O)C3=C(C2)NC(=O)C[C@@H]3c2ccc3c(c2)OCO3)cc1OC. The highest BCUT2D eigenvalue weighted by Gasteiger charge is 2.38. The van der Waals surface area contributed by atoms with Gasteiger partial charge in [-0.1, -0.05) is 12.1 Å². The number of Topliss-reactive ketones (excluding diaryl/α,β-unsaturated/α-hetero) is 1. The molecule has 1 N–H and O–H groups in total. The number of hydrogen-bond donors (Lipinski definition) is 1. The first-order valence-corrected chi connectivity index (χ1v) is 10.2. The normalized spacial score (nSPS) is 22.1. The molecule has 0 saturated heterocycles. The Morgan fingerprint density at radius 1 is 0.871 bits per heavy atom. The number of ketones is 1. The number of carbonyl (C=O) groups excluding carboxylic acids is 2. The van der Waals surface area contributed by atoms with E-state index < -0.39 is 0 Å². The summed E-state index contributed by atoms with van der Waals surface area (Å²) in [5, 5.41) is 2.96. The van der Waals surface area contributed by atoms with E-state index in [1.165, 1.54) is 0 Å². The van der Waals surface area contributed by atoms with Gasteiger partial charge in [-0.05, 0) is 47.7 Å². The van der Waals surface area contributed by atoms with Crippen LogP contribution in [0.2, 0.25) is 0 Å². The molecule has 1 aliphatic carbocycles. The predicted octanol–water partition coefficient (Wildman–Crippen LogP) is 3.44. The number of nitrogens with one attached hydrogen (secondary N) is 1. The molecule has 2 heterocycles. The van der Waals surface area contributed by atoms with Crippen LogP contribution in [-0.4, -0.2) is 32.7 Å². The molecule has 2 aromatic carbocycles. The lowest BCUT2D eigenvalue weighted by molar-refractivity contribution is -0.122. The highest BCUT2D eigenvalue weighted by Crippen LogP contribution is 2.45. The Labute approximate surface area is 179 Å². The van der Waals surface area contributed by atoms with Crippen LogP contribution in [0.5, 0.6) is 23.0 Å².